The molecule has 0 unspecified atom stereocenters. The van der Waals surface area contributed by atoms with E-state index in [4.69, 9.17) is 9.97 Å². The fraction of sp³-hybridized carbons (Fsp3) is 0.0545. The largest absolute Gasteiger partial charge is 0.309 e. The fourth-order valence-corrected chi connectivity index (χ4v) is 10.4. The van der Waals surface area contributed by atoms with Crippen molar-refractivity contribution in [1.29, 1.82) is 0 Å². The van der Waals surface area contributed by atoms with E-state index in [2.05, 4.69) is 205 Å². The number of para-hydroxylation sites is 2. The predicted octanol–water partition coefficient (Wildman–Crippen LogP) is 14.1. The van der Waals surface area contributed by atoms with E-state index in [9.17, 15) is 0 Å². The summed E-state index contributed by atoms with van der Waals surface area (Å²) in [6.07, 6.45) is 0. The highest BCUT2D eigenvalue weighted by molar-refractivity contribution is 6.23. The molecule has 0 saturated heterocycles. The van der Waals surface area contributed by atoms with Gasteiger partial charge in [-0.1, -0.05) is 147 Å². The predicted molar refractivity (Wildman–Crippen MR) is 246 cm³/mol. The maximum absolute atomic E-state index is 5.54. The van der Waals surface area contributed by atoms with Crippen LogP contribution in [0.2, 0.25) is 0 Å². The van der Waals surface area contributed by atoms with Crippen molar-refractivity contribution >= 4 is 76.1 Å². The molecular weight excluding hydrogens is 717 g/mol. The van der Waals surface area contributed by atoms with Crippen LogP contribution in [0.25, 0.3) is 110 Å². The van der Waals surface area contributed by atoms with Gasteiger partial charge in [-0.05, 0) is 92.3 Å². The van der Waals surface area contributed by atoms with Crippen LogP contribution in [-0.4, -0.2) is 19.1 Å². The van der Waals surface area contributed by atoms with Crippen LogP contribution < -0.4 is 0 Å². The molecule has 0 amide bonds. The molecule has 0 bridgehead atoms. The van der Waals surface area contributed by atoms with Crippen LogP contribution in [0.4, 0.5) is 0 Å². The monoisotopic (exact) mass is 752 g/mol. The van der Waals surface area contributed by atoms with Gasteiger partial charge in [0, 0.05) is 43.6 Å². The zero-order valence-corrected chi connectivity index (χ0v) is 32.6. The van der Waals surface area contributed by atoms with Crippen LogP contribution >= 0.6 is 0 Å². The summed E-state index contributed by atoms with van der Waals surface area (Å²) in [5, 5.41) is 10.9. The van der Waals surface area contributed by atoms with Crippen molar-refractivity contribution < 1.29 is 0 Å². The maximum Gasteiger partial charge on any atom is 0.235 e. The molecule has 276 valence electrons. The Kier molecular flexibility index (Phi) is 6.48. The van der Waals surface area contributed by atoms with Gasteiger partial charge in [-0.15, -0.1) is 0 Å². The summed E-state index contributed by atoms with van der Waals surface area (Å²) < 4.78 is 4.71. The van der Waals surface area contributed by atoms with Crippen LogP contribution in [0.5, 0.6) is 0 Å². The van der Waals surface area contributed by atoms with Crippen LogP contribution in [0.3, 0.4) is 0 Å². The second kappa shape index (κ2) is 11.7. The lowest BCUT2D eigenvalue weighted by molar-refractivity contribution is 0.660. The number of benzene rings is 9. The molecule has 0 radical (unpaired) electrons. The molecule has 0 saturated carbocycles. The van der Waals surface area contributed by atoms with Gasteiger partial charge >= 0.3 is 0 Å². The molecule has 12 aromatic rings. The Bertz CT molecular complexity index is 3770. The van der Waals surface area contributed by atoms with Gasteiger partial charge in [0.1, 0.15) is 0 Å². The van der Waals surface area contributed by atoms with Crippen molar-refractivity contribution in [3.63, 3.8) is 0 Å². The molecule has 4 heteroatoms. The number of rotatable bonds is 3. The van der Waals surface area contributed by atoms with Crippen molar-refractivity contribution in [2.24, 2.45) is 0 Å². The molecule has 0 aliphatic heterocycles. The molecule has 59 heavy (non-hydrogen) atoms. The smallest absolute Gasteiger partial charge is 0.235 e. The number of fused-ring (bicyclic) bond motifs is 14. The molecule has 4 nitrogen and oxygen atoms in total. The number of hydrogen-bond donors (Lipinski definition) is 0. The Morgan fingerprint density at radius 3 is 1.80 bits per heavy atom. The molecule has 1 aliphatic rings. The first-order valence-electron chi connectivity index (χ1n) is 20.4. The Balaban J connectivity index is 1.09. The van der Waals surface area contributed by atoms with Crippen LogP contribution in [0.1, 0.15) is 25.0 Å². The van der Waals surface area contributed by atoms with Gasteiger partial charge in [-0.25, -0.2) is 9.97 Å². The van der Waals surface area contributed by atoms with Crippen LogP contribution in [0.15, 0.2) is 182 Å². The quantitative estimate of drug-likeness (QED) is 0.180. The highest BCUT2D eigenvalue weighted by Crippen LogP contribution is 2.50. The summed E-state index contributed by atoms with van der Waals surface area (Å²) in [5.74, 6) is 0.659. The molecular formula is C55H36N4. The van der Waals surface area contributed by atoms with E-state index in [-0.39, 0.29) is 5.41 Å². The van der Waals surface area contributed by atoms with E-state index in [1.54, 1.807) is 0 Å². The van der Waals surface area contributed by atoms with E-state index < -0.39 is 0 Å². The Hall–Kier alpha value is -7.56. The maximum atomic E-state index is 5.54. The first-order valence-corrected chi connectivity index (χ1v) is 20.4. The van der Waals surface area contributed by atoms with Crippen molar-refractivity contribution in [1.82, 2.24) is 19.1 Å². The minimum Gasteiger partial charge on any atom is -0.309 e. The second-order valence-corrected chi connectivity index (χ2v) is 16.6. The van der Waals surface area contributed by atoms with E-state index in [1.807, 2.05) is 0 Å². The van der Waals surface area contributed by atoms with Crippen molar-refractivity contribution in [2.45, 2.75) is 19.3 Å². The lowest BCUT2D eigenvalue weighted by Gasteiger charge is -2.21. The fourth-order valence-electron chi connectivity index (χ4n) is 10.4. The van der Waals surface area contributed by atoms with E-state index >= 15 is 0 Å². The first-order chi connectivity index (χ1) is 29.0. The molecule has 3 aromatic heterocycles. The van der Waals surface area contributed by atoms with Crippen LogP contribution in [0, 0.1) is 0 Å². The average Bonchev–Trinajstić information content (AvgIpc) is 3.89. The topological polar surface area (TPSA) is 35.6 Å². The summed E-state index contributed by atoms with van der Waals surface area (Å²) in [5.41, 5.74) is 13.8. The third-order valence-electron chi connectivity index (χ3n) is 13.1. The molecule has 0 atom stereocenters. The highest BCUT2D eigenvalue weighted by atomic mass is 15.2. The lowest BCUT2D eigenvalue weighted by atomic mass is 9.82. The third kappa shape index (κ3) is 4.43. The number of hydrogen-bond acceptors (Lipinski definition) is 2. The molecule has 0 fully saturated rings. The standard InChI is InChI=1S/C55H36N4/c1-55(2)44-20-10-7-17-39(44)42-31-35(23-27-45(42)55)53-40-18-8-11-21-46(40)56-54(57-53)59-48-30-26-36(32-43(48)52-38-16-6-4-14-34(38)25-29-50(52)59)58-47-22-12-9-19-41(47)51-37-15-5-3-13-33(37)24-28-49(51)58/h3-32H,1-2H3. The number of nitrogens with zero attached hydrogens (tertiary/aromatic N) is 4. The van der Waals surface area contributed by atoms with Crippen LogP contribution in [-0.2, 0) is 5.41 Å². The summed E-state index contributed by atoms with van der Waals surface area (Å²) in [6.45, 7) is 4.66. The van der Waals surface area contributed by atoms with Crippen molar-refractivity contribution in [3.05, 3.63) is 193 Å². The van der Waals surface area contributed by atoms with Gasteiger partial charge in [-0.2, -0.15) is 0 Å². The van der Waals surface area contributed by atoms with Crippen molar-refractivity contribution in [3.8, 4) is 34.0 Å². The van der Waals surface area contributed by atoms with Gasteiger partial charge in [0.15, 0.2) is 0 Å². The normalized spacial score (nSPS) is 13.4. The van der Waals surface area contributed by atoms with Gasteiger partial charge in [0.05, 0.1) is 33.3 Å². The zero-order chi connectivity index (χ0) is 39.0. The lowest BCUT2D eigenvalue weighted by Crippen LogP contribution is -2.14. The van der Waals surface area contributed by atoms with E-state index in [0.29, 0.717) is 5.95 Å². The second-order valence-electron chi connectivity index (χ2n) is 16.6. The zero-order valence-electron chi connectivity index (χ0n) is 32.6. The average molecular weight is 753 g/mol. The molecule has 0 spiro atoms. The minimum absolute atomic E-state index is 0.0685. The van der Waals surface area contributed by atoms with E-state index in [0.717, 1.165) is 44.3 Å². The third-order valence-corrected chi connectivity index (χ3v) is 13.1. The Morgan fingerprint density at radius 1 is 0.407 bits per heavy atom. The molecule has 3 heterocycles. The Labute approximate surface area is 340 Å². The van der Waals surface area contributed by atoms with Crippen molar-refractivity contribution in [2.75, 3.05) is 0 Å². The highest BCUT2D eigenvalue weighted by Gasteiger charge is 2.35. The first kappa shape index (κ1) is 32.5. The van der Waals surface area contributed by atoms with Gasteiger partial charge < -0.3 is 4.57 Å². The minimum atomic E-state index is -0.0685. The molecule has 1 aliphatic carbocycles. The summed E-state index contributed by atoms with van der Waals surface area (Å²) in [7, 11) is 0. The Morgan fingerprint density at radius 2 is 1.00 bits per heavy atom. The molecule has 13 rings (SSSR count). The van der Waals surface area contributed by atoms with Gasteiger partial charge in [-0.3, -0.25) is 4.57 Å². The molecule has 0 N–H and O–H groups in total. The summed E-state index contributed by atoms with van der Waals surface area (Å²) >= 11 is 0. The van der Waals surface area contributed by atoms with Gasteiger partial charge in [0.2, 0.25) is 5.95 Å². The SMILES string of the molecule is CC1(C)c2ccccc2-c2cc(-c3nc(-n4c5ccc(-n6c7ccccc7c7c8ccccc8ccc76)cc5c5c6ccccc6ccc54)nc4ccccc34)ccc21. The summed E-state index contributed by atoms with van der Waals surface area (Å²) in [4.78, 5) is 10.9. The van der Waals surface area contributed by atoms with Gasteiger partial charge in [0.25, 0.3) is 0 Å². The van der Waals surface area contributed by atoms with E-state index in [1.165, 1.54) is 71.0 Å². The number of aromatic nitrogens is 4. The molecule has 9 aromatic carbocycles. The summed E-state index contributed by atoms with van der Waals surface area (Å²) in [6, 6.07) is 66.3.